The average Bonchev–Trinajstić information content (AvgIpc) is 2.92. The number of nitrogens with two attached hydrogens (primary N) is 1. The van der Waals surface area contributed by atoms with Crippen LogP contribution in [0.1, 0.15) is 54.9 Å². The first-order valence-corrected chi connectivity index (χ1v) is 12.7. The van der Waals surface area contributed by atoms with Crippen molar-refractivity contribution in [3.05, 3.63) is 98.2 Å². The maximum absolute atomic E-state index is 13.5. The predicted molar refractivity (Wildman–Crippen MR) is 147 cm³/mol. The first kappa shape index (κ1) is 26.7. The zero-order valence-corrected chi connectivity index (χ0v) is 21.4. The molecule has 0 fully saturated rings. The minimum Gasteiger partial charge on any atom is -0.484 e. The first-order chi connectivity index (χ1) is 18.3. The van der Waals surface area contributed by atoms with Crippen LogP contribution in [0.2, 0.25) is 0 Å². The number of anilines is 2. The number of ketones is 1. The highest BCUT2D eigenvalue weighted by Crippen LogP contribution is 2.24. The molecule has 198 valence electrons. The quantitative estimate of drug-likeness (QED) is 0.313. The van der Waals surface area contributed by atoms with Gasteiger partial charge in [-0.15, -0.1) is 0 Å². The summed E-state index contributed by atoms with van der Waals surface area (Å²) in [6, 6.07) is 15.8. The van der Waals surface area contributed by atoms with Crippen molar-refractivity contribution in [3.63, 3.8) is 0 Å². The van der Waals surface area contributed by atoms with Crippen molar-refractivity contribution in [1.82, 2.24) is 9.55 Å². The van der Waals surface area contributed by atoms with E-state index >= 15 is 0 Å². The normalized spacial score (nSPS) is 13.0. The van der Waals surface area contributed by atoms with Gasteiger partial charge in [-0.3, -0.25) is 23.9 Å². The van der Waals surface area contributed by atoms with Gasteiger partial charge in [-0.05, 0) is 56.7 Å². The Bertz CT molecular complexity index is 1460. The molecule has 0 saturated carbocycles. The zero-order valence-electron chi connectivity index (χ0n) is 21.4. The Balaban J connectivity index is 1.65. The summed E-state index contributed by atoms with van der Waals surface area (Å²) in [7, 11) is 0. The molecule has 0 bridgehead atoms. The van der Waals surface area contributed by atoms with Crippen molar-refractivity contribution in [1.29, 1.82) is 0 Å². The second kappa shape index (κ2) is 12.2. The monoisotopic (exact) mass is 516 g/mol. The molecule has 0 saturated heterocycles. The number of hydrogen-bond donors (Lipinski definition) is 2. The standard InChI is InChI=1S/C29H32N4O5/c1-20(34)23-13-8-14-24(17-23)38-19-25(35)32(16-15-21-9-4-2-5-10-21)26-27(30)33(29(37)31-28(26)36)18-22-11-6-3-7-12-22/h3,6-9,11-14,17H,2,4-5,10,15-16,18-19,30H2,1H3,(H,31,36,37). The summed E-state index contributed by atoms with van der Waals surface area (Å²) in [5.74, 6) is -0.343. The van der Waals surface area contributed by atoms with E-state index in [1.807, 2.05) is 30.3 Å². The van der Waals surface area contributed by atoms with Crippen molar-refractivity contribution >= 4 is 23.2 Å². The SMILES string of the molecule is CC(=O)c1cccc(OCC(=O)N(CCC2=CCCCC2)c2c(N)n(Cc3ccccc3)c(=O)[nH]c2=O)c1. The third-order valence-corrected chi connectivity index (χ3v) is 6.61. The third-order valence-electron chi connectivity index (χ3n) is 6.61. The molecule has 0 radical (unpaired) electrons. The van der Waals surface area contributed by atoms with E-state index in [1.54, 1.807) is 24.3 Å². The van der Waals surface area contributed by atoms with E-state index in [1.165, 1.54) is 22.0 Å². The second-order valence-corrected chi connectivity index (χ2v) is 9.34. The molecular formula is C29H32N4O5. The van der Waals surface area contributed by atoms with Crippen molar-refractivity contribution in [2.24, 2.45) is 0 Å². The molecule has 0 spiro atoms. The van der Waals surface area contributed by atoms with Crippen LogP contribution in [0.15, 0.2) is 75.8 Å². The zero-order chi connectivity index (χ0) is 27.1. The van der Waals surface area contributed by atoms with Gasteiger partial charge in [0, 0.05) is 12.1 Å². The Kier molecular flexibility index (Phi) is 8.58. The first-order valence-electron chi connectivity index (χ1n) is 12.7. The van der Waals surface area contributed by atoms with Crippen LogP contribution in [0, 0.1) is 0 Å². The number of allylic oxidation sites excluding steroid dienone is 1. The number of Topliss-reactive ketones (excluding diaryl/α,β-unsaturated/α-hetero) is 1. The lowest BCUT2D eigenvalue weighted by Crippen LogP contribution is -2.43. The number of ether oxygens (including phenoxy) is 1. The Labute approximate surface area is 220 Å². The largest absolute Gasteiger partial charge is 0.484 e. The lowest BCUT2D eigenvalue weighted by atomic mass is 9.97. The van der Waals surface area contributed by atoms with Gasteiger partial charge < -0.3 is 15.4 Å². The van der Waals surface area contributed by atoms with E-state index in [9.17, 15) is 19.2 Å². The number of aromatic amines is 1. The summed E-state index contributed by atoms with van der Waals surface area (Å²) >= 11 is 0. The summed E-state index contributed by atoms with van der Waals surface area (Å²) < 4.78 is 6.96. The van der Waals surface area contributed by atoms with Crippen LogP contribution in [0.3, 0.4) is 0 Å². The van der Waals surface area contributed by atoms with Gasteiger partial charge in [0.15, 0.2) is 18.1 Å². The van der Waals surface area contributed by atoms with E-state index < -0.39 is 17.2 Å². The number of amides is 1. The number of H-pyrrole nitrogens is 1. The van der Waals surface area contributed by atoms with Gasteiger partial charge in [0.1, 0.15) is 11.6 Å². The maximum Gasteiger partial charge on any atom is 0.330 e. The van der Waals surface area contributed by atoms with E-state index in [4.69, 9.17) is 10.5 Å². The van der Waals surface area contributed by atoms with Crippen LogP contribution >= 0.6 is 0 Å². The van der Waals surface area contributed by atoms with E-state index in [0.717, 1.165) is 31.2 Å². The van der Waals surface area contributed by atoms with Gasteiger partial charge in [0.05, 0.1) is 6.54 Å². The Hall–Kier alpha value is -4.40. The highest BCUT2D eigenvalue weighted by atomic mass is 16.5. The van der Waals surface area contributed by atoms with Crippen molar-refractivity contribution in [2.45, 2.75) is 45.6 Å². The molecule has 2 aromatic carbocycles. The van der Waals surface area contributed by atoms with Gasteiger partial charge in [0.2, 0.25) is 0 Å². The molecule has 9 heteroatoms. The van der Waals surface area contributed by atoms with Crippen LogP contribution in [-0.4, -0.2) is 34.4 Å². The van der Waals surface area contributed by atoms with Gasteiger partial charge >= 0.3 is 5.69 Å². The number of rotatable bonds is 10. The lowest BCUT2D eigenvalue weighted by Gasteiger charge is -2.25. The molecule has 1 amide bonds. The lowest BCUT2D eigenvalue weighted by molar-refractivity contribution is -0.120. The van der Waals surface area contributed by atoms with Crippen LogP contribution in [-0.2, 0) is 11.3 Å². The molecule has 0 unspecified atom stereocenters. The molecule has 38 heavy (non-hydrogen) atoms. The van der Waals surface area contributed by atoms with Gasteiger partial charge in [-0.25, -0.2) is 4.79 Å². The van der Waals surface area contributed by atoms with Crippen LogP contribution in [0.25, 0.3) is 0 Å². The van der Waals surface area contributed by atoms with Crippen LogP contribution < -0.4 is 26.6 Å². The molecule has 0 atom stereocenters. The summed E-state index contributed by atoms with van der Waals surface area (Å²) in [4.78, 5) is 54.5. The second-order valence-electron chi connectivity index (χ2n) is 9.34. The number of carbonyl (C=O) groups is 2. The number of aromatic nitrogens is 2. The fraction of sp³-hybridized carbons (Fsp3) is 0.310. The highest BCUT2D eigenvalue weighted by molar-refractivity contribution is 5.97. The number of hydrogen-bond acceptors (Lipinski definition) is 6. The minimum absolute atomic E-state index is 0.0805. The molecule has 1 aliphatic rings. The van der Waals surface area contributed by atoms with Gasteiger partial charge in [0.25, 0.3) is 11.5 Å². The maximum atomic E-state index is 13.5. The number of carbonyl (C=O) groups excluding carboxylic acids is 2. The Morgan fingerprint density at radius 1 is 1.08 bits per heavy atom. The fourth-order valence-electron chi connectivity index (χ4n) is 4.54. The van der Waals surface area contributed by atoms with Gasteiger partial charge in [-0.1, -0.05) is 54.1 Å². The molecule has 4 rings (SSSR count). The third kappa shape index (κ3) is 6.47. The van der Waals surface area contributed by atoms with Crippen LogP contribution in [0.4, 0.5) is 11.5 Å². The van der Waals surface area contributed by atoms with Crippen molar-refractivity contribution in [3.8, 4) is 5.75 Å². The topological polar surface area (TPSA) is 127 Å². The van der Waals surface area contributed by atoms with Crippen molar-refractivity contribution < 1.29 is 14.3 Å². The molecule has 1 aromatic heterocycles. The summed E-state index contributed by atoms with van der Waals surface area (Å²) in [5.41, 5.74) is 7.43. The number of nitrogens with one attached hydrogen (secondary N) is 1. The van der Waals surface area contributed by atoms with Crippen LogP contribution in [0.5, 0.6) is 5.75 Å². The number of nitrogen functional groups attached to an aromatic ring is 1. The number of benzene rings is 2. The minimum atomic E-state index is -0.735. The van der Waals surface area contributed by atoms with E-state index in [-0.39, 0.29) is 37.0 Å². The number of nitrogens with zero attached hydrogens (tertiary/aromatic N) is 2. The predicted octanol–water partition coefficient (Wildman–Crippen LogP) is 3.67. The summed E-state index contributed by atoms with van der Waals surface area (Å²) in [6.07, 6.45) is 6.90. The Morgan fingerprint density at radius 2 is 1.87 bits per heavy atom. The molecular weight excluding hydrogens is 484 g/mol. The summed E-state index contributed by atoms with van der Waals surface area (Å²) in [6.45, 7) is 1.41. The highest BCUT2D eigenvalue weighted by Gasteiger charge is 2.25. The average molecular weight is 517 g/mol. The Morgan fingerprint density at radius 3 is 2.58 bits per heavy atom. The smallest absolute Gasteiger partial charge is 0.330 e. The molecule has 9 nitrogen and oxygen atoms in total. The summed E-state index contributed by atoms with van der Waals surface area (Å²) in [5, 5.41) is 0. The molecule has 3 aromatic rings. The van der Waals surface area contributed by atoms with Gasteiger partial charge in [-0.2, -0.15) is 0 Å². The molecule has 1 aliphatic carbocycles. The molecule has 1 heterocycles. The van der Waals surface area contributed by atoms with E-state index in [2.05, 4.69) is 11.1 Å². The van der Waals surface area contributed by atoms with Crippen molar-refractivity contribution in [2.75, 3.05) is 23.8 Å². The fourth-order valence-corrected chi connectivity index (χ4v) is 4.54. The van der Waals surface area contributed by atoms with E-state index in [0.29, 0.717) is 17.7 Å². The molecule has 0 aliphatic heterocycles. The molecule has 3 N–H and O–H groups in total.